The third-order valence-electron chi connectivity index (χ3n) is 1.71. The van der Waals surface area contributed by atoms with Crippen LogP contribution in [0.25, 0.3) is 0 Å². The number of hydrogen-bond donors (Lipinski definition) is 1. The number of hydrogen-bond acceptors (Lipinski definition) is 1. The summed E-state index contributed by atoms with van der Waals surface area (Å²) >= 11 is 2.94. The van der Waals surface area contributed by atoms with Crippen LogP contribution in [0, 0.1) is 19.7 Å². The molecule has 3 heteroatoms. The highest BCUT2D eigenvalue weighted by molar-refractivity contribution is 9.10. The first-order chi connectivity index (χ1) is 5.04. The van der Waals surface area contributed by atoms with Gasteiger partial charge in [-0.25, -0.2) is 4.39 Å². The quantitative estimate of drug-likeness (QED) is 0.711. The second-order valence-corrected chi connectivity index (χ2v) is 3.26. The lowest BCUT2D eigenvalue weighted by Gasteiger charge is -2.05. The molecule has 1 aromatic rings. The number of rotatable bonds is 0. The second-order valence-electron chi connectivity index (χ2n) is 2.46. The molecule has 0 saturated carbocycles. The van der Waals surface area contributed by atoms with Gasteiger partial charge in [-0.1, -0.05) is 0 Å². The van der Waals surface area contributed by atoms with Crippen LogP contribution in [0.3, 0.4) is 0 Å². The van der Waals surface area contributed by atoms with E-state index in [0.717, 1.165) is 5.56 Å². The van der Waals surface area contributed by atoms with Crippen LogP contribution in [0.5, 0.6) is 5.75 Å². The van der Waals surface area contributed by atoms with Crippen molar-refractivity contribution in [2.45, 2.75) is 13.8 Å². The molecule has 1 aromatic carbocycles. The molecule has 0 heterocycles. The Morgan fingerprint density at radius 3 is 2.55 bits per heavy atom. The van der Waals surface area contributed by atoms with Crippen molar-refractivity contribution in [2.75, 3.05) is 0 Å². The van der Waals surface area contributed by atoms with Crippen LogP contribution in [-0.4, -0.2) is 5.11 Å². The Bertz CT molecular complexity index is 270. The van der Waals surface area contributed by atoms with Gasteiger partial charge in [-0.3, -0.25) is 0 Å². The highest BCUT2D eigenvalue weighted by Gasteiger charge is 2.09. The van der Waals surface area contributed by atoms with Crippen molar-refractivity contribution in [3.8, 4) is 5.75 Å². The van der Waals surface area contributed by atoms with Crippen molar-refractivity contribution in [3.05, 3.63) is 27.5 Å². The molecule has 1 rings (SSSR count). The van der Waals surface area contributed by atoms with E-state index in [2.05, 4.69) is 15.9 Å². The third-order valence-corrected chi connectivity index (χ3v) is 2.46. The van der Waals surface area contributed by atoms with Crippen LogP contribution in [0.2, 0.25) is 0 Å². The van der Waals surface area contributed by atoms with Crippen LogP contribution in [0.15, 0.2) is 10.5 Å². The predicted octanol–water partition coefficient (Wildman–Crippen LogP) is 2.91. The number of phenols is 1. The fraction of sp³-hybridized carbons (Fsp3) is 0.250. The largest absolute Gasteiger partial charge is 0.506 e. The van der Waals surface area contributed by atoms with Gasteiger partial charge < -0.3 is 5.11 Å². The summed E-state index contributed by atoms with van der Waals surface area (Å²) in [7, 11) is 0. The minimum absolute atomic E-state index is 0.0116. The van der Waals surface area contributed by atoms with Gasteiger partial charge in [-0.2, -0.15) is 0 Å². The molecule has 0 saturated heterocycles. The molecule has 0 unspecified atom stereocenters. The van der Waals surface area contributed by atoms with Gasteiger partial charge in [0.05, 0.1) is 4.47 Å². The summed E-state index contributed by atoms with van der Waals surface area (Å²) in [4.78, 5) is 0. The molecule has 0 bridgehead atoms. The number of halogens is 2. The Morgan fingerprint density at radius 2 is 2.00 bits per heavy atom. The molecular formula is C8H8BrFO. The molecule has 0 aliphatic heterocycles. The Kier molecular flexibility index (Phi) is 2.18. The summed E-state index contributed by atoms with van der Waals surface area (Å²) in [5, 5.41) is 9.28. The zero-order chi connectivity index (χ0) is 8.59. The zero-order valence-electron chi connectivity index (χ0n) is 6.28. The van der Waals surface area contributed by atoms with Crippen LogP contribution in [-0.2, 0) is 0 Å². The standard InChI is InChI=1S/C8H8BrFO/c1-4-3-6(10)7(9)8(11)5(4)2/h3,11H,1-2H3. The zero-order valence-corrected chi connectivity index (χ0v) is 7.87. The Balaban J connectivity index is 3.46. The van der Waals surface area contributed by atoms with Crippen molar-refractivity contribution >= 4 is 15.9 Å². The van der Waals surface area contributed by atoms with Crippen LogP contribution < -0.4 is 0 Å². The van der Waals surface area contributed by atoms with E-state index < -0.39 is 5.82 Å². The van der Waals surface area contributed by atoms with E-state index in [1.54, 1.807) is 13.8 Å². The van der Waals surface area contributed by atoms with Gasteiger partial charge in [0, 0.05) is 0 Å². The molecule has 0 radical (unpaired) electrons. The molecule has 0 aliphatic carbocycles. The van der Waals surface area contributed by atoms with E-state index in [4.69, 9.17) is 0 Å². The first-order valence-electron chi connectivity index (χ1n) is 3.18. The van der Waals surface area contributed by atoms with Gasteiger partial charge in [0.25, 0.3) is 0 Å². The highest BCUT2D eigenvalue weighted by Crippen LogP contribution is 2.31. The summed E-state index contributed by atoms with van der Waals surface area (Å²) in [6.45, 7) is 3.50. The average molecular weight is 219 g/mol. The fourth-order valence-corrected chi connectivity index (χ4v) is 1.24. The molecule has 0 fully saturated rings. The van der Waals surface area contributed by atoms with Gasteiger partial charge in [-0.15, -0.1) is 0 Å². The SMILES string of the molecule is Cc1cc(F)c(Br)c(O)c1C. The highest BCUT2D eigenvalue weighted by atomic mass is 79.9. The van der Waals surface area contributed by atoms with Gasteiger partial charge in [0.15, 0.2) is 0 Å². The first kappa shape index (κ1) is 8.53. The maximum atomic E-state index is 12.8. The lowest BCUT2D eigenvalue weighted by molar-refractivity contribution is 0.459. The molecule has 0 amide bonds. The van der Waals surface area contributed by atoms with Crippen molar-refractivity contribution in [1.29, 1.82) is 0 Å². The van der Waals surface area contributed by atoms with E-state index in [-0.39, 0.29) is 10.2 Å². The average Bonchev–Trinajstić information content (AvgIpc) is 1.97. The molecule has 1 N–H and O–H groups in total. The smallest absolute Gasteiger partial charge is 0.141 e. The minimum atomic E-state index is -0.425. The molecular weight excluding hydrogens is 211 g/mol. The molecule has 11 heavy (non-hydrogen) atoms. The maximum absolute atomic E-state index is 12.8. The van der Waals surface area contributed by atoms with Crippen molar-refractivity contribution in [3.63, 3.8) is 0 Å². The Morgan fingerprint density at radius 1 is 1.45 bits per heavy atom. The number of benzene rings is 1. The third kappa shape index (κ3) is 1.38. The monoisotopic (exact) mass is 218 g/mol. The molecule has 60 valence electrons. The van der Waals surface area contributed by atoms with Gasteiger partial charge in [0.2, 0.25) is 0 Å². The van der Waals surface area contributed by atoms with E-state index in [1.165, 1.54) is 6.07 Å². The second kappa shape index (κ2) is 2.81. The minimum Gasteiger partial charge on any atom is -0.506 e. The van der Waals surface area contributed by atoms with Crippen molar-refractivity contribution in [1.82, 2.24) is 0 Å². The van der Waals surface area contributed by atoms with E-state index in [1.807, 2.05) is 0 Å². The van der Waals surface area contributed by atoms with E-state index >= 15 is 0 Å². The first-order valence-corrected chi connectivity index (χ1v) is 3.97. The van der Waals surface area contributed by atoms with Gasteiger partial charge >= 0.3 is 0 Å². The number of phenolic OH excluding ortho intramolecular Hbond substituents is 1. The summed E-state index contributed by atoms with van der Waals surface area (Å²) in [6, 6.07) is 1.39. The summed E-state index contributed by atoms with van der Waals surface area (Å²) in [6.07, 6.45) is 0. The van der Waals surface area contributed by atoms with Crippen molar-refractivity contribution < 1.29 is 9.50 Å². The molecule has 0 aliphatic rings. The number of aryl methyl sites for hydroxylation is 1. The van der Waals surface area contributed by atoms with Crippen LogP contribution >= 0.6 is 15.9 Å². The van der Waals surface area contributed by atoms with Crippen molar-refractivity contribution in [2.24, 2.45) is 0 Å². The fourth-order valence-electron chi connectivity index (χ4n) is 0.826. The lowest BCUT2D eigenvalue weighted by Crippen LogP contribution is -1.86. The van der Waals surface area contributed by atoms with Crippen LogP contribution in [0.1, 0.15) is 11.1 Å². The molecule has 0 aromatic heterocycles. The summed E-state index contributed by atoms with van der Waals surface area (Å²) in [5.41, 5.74) is 1.46. The predicted molar refractivity (Wildman–Crippen MR) is 45.2 cm³/mol. The Labute approximate surface area is 73.0 Å². The summed E-state index contributed by atoms with van der Waals surface area (Å²) < 4.78 is 13.0. The van der Waals surface area contributed by atoms with E-state index in [0.29, 0.717) is 5.56 Å². The lowest BCUT2D eigenvalue weighted by atomic mass is 10.1. The summed E-state index contributed by atoms with van der Waals surface area (Å²) in [5.74, 6) is -0.437. The van der Waals surface area contributed by atoms with Crippen LogP contribution in [0.4, 0.5) is 4.39 Å². The van der Waals surface area contributed by atoms with Gasteiger partial charge in [-0.05, 0) is 47.0 Å². The Hall–Kier alpha value is -0.570. The molecule has 0 spiro atoms. The number of aromatic hydroxyl groups is 1. The van der Waals surface area contributed by atoms with E-state index in [9.17, 15) is 9.50 Å². The van der Waals surface area contributed by atoms with Gasteiger partial charge in [0.1, 0.15) is 11.6 Å². The molecule has 1 nitrogen and oxygen atoms in total. The molecule has 0 atom stereocenters. The normalized spacial score (nSPS) is 10.2. The topological polar surface area (TPSA) is 20.2 Å². The maximum Gasteiger partial charge on any atom is 0.141 e.